The third-order valence-electron chi connectivity index (χ3n) is 5.84. The number of aromatic nitrogens is 1. The number of aryl methyl sites for hydroxylation is 1. The van der Waals surface area contributed by atoms with E-state index in [1.165, 1.54) is 54.4 Å². The molecule has 1 saturated carbocycles. The molecule has 1 aliphatic carbocycles. The van der Waals surface area contributed by atoms with Crippen LogP contribution in [-0.4, -0.2) is 11.1 Å². The van der Waals surface area contributed by atoms with E-state index in [2.05, 4.69) is 72.6 Å². The second-order valence-corrected chi connectivity index (χ2v) is 7.93. The highest BCUT2D eigenvalue weighted by Gasteiger charge is 2.19. The molecule has 1 fully saturated rings. The van der Waals surface area contributed by atoms with Gasteiger partial charge in [0, 0.05) is 18.3 Å². The number of rotatable bonds is 6. The summed E-state index contributed by atoms with van der Waals surface area (Å²) in [5.74, 6) is 1.37. The van der Waals surface area contributed by atoms with Gasteiger partial charge in [-0.15, -0.1) is 0 Å². The van der Waals surface area contributed by atoms with Gasteiger partial charge in [0.15, 0.2) is 0 Å². The molecule has 2 heteroatoms. The fourth-order valence-corrected chi connectivity index (χ4v) is 4.25. The lowest BCUT2D eigenvalue weighted by molar-refractivity contribution is 0.154. The lowest BCUT2D eigenvalue weighted by Gasteiger charge is -2.25. The van der Waals surface area contributed by atoms with Crippen LogP contribution < -0.4 is 4.74 Å². The molecule has 0 spiro atoms. The van der Waals surface area contributed by atoms with Gasteiger partial charge in [-0.05, 0) is 79.5 Å². The van der Waals surface area contributed by atoms with Crippen molar-refractivity contribution in [1.29, 1.82) is 0 Å². The van der Waals surface area contributed by atoms with Crippen molar-refractivity contribution in [2.24, 2.45) is 0 Å². The smallest absolute Gasteiger partial charge is 0.122 e. The SMILES string of the molecule is Cc1cc(C(Cc2ccncc2)c2ccccc2)ccc1OC1CCCCC1. The maximum Gasteiger partial charge on any atom is 0.122 e. The standard InChI is InChI=1S/C26H29NO/c1-20-18-23(12-13-26(20)28-24-10-6-3-7-11-24)25(22-8-4-2-5-9-22)19-21-14-16-27-17-15-21/h2,4-5,8-9,12-18,24-25H,3,6-7,10-11,19H2,1H3. The summed E-state index contributed by atoms with van der Waals surface area (Å²) in [6, 6.07) is 21.8. The second-order valence-electron chi connectivity index (χ2n) is 7.93. The van der Waals surface area contributed by atoms with E-state index in [9.17, 15) is 0 Å². The maximum absolute atomic E-state index is 6.34. The van der Waals surface area contributed by atoms with Gasteiger partial charge in [0.2, 0.25) is 0 Å². The van der Waals surface area contributed by atoms with Crippen molar-refractivity contribution in [3.05, 3.63) is 95.3 Å². The number of ether oxygens (including phenoxy) is 1. The normalized spacial score (nSPS) is 15.9. The number of benzene rings is 2. The fourth-order valence-electron chi connectivity index (χ4n) is 4.25. The van der Waals surface area contributed by atoms with Crippen LogP contribution in [0, 0.1) is 6.92 Å². The van der Waals surface area contributed by atoms with Gasteiger partial charge >= 0.3 is 0 Å². The van der Waals surface area contributed by atoms with Crippen LogP contribution in [0.5, 0.6) is 5.75 Å². The molecule has 0 N–H and O–H groups in total. The van der Waals surface area contributed by atoms with Crippen LogP contribution in [0.1, 0.15) is 60.3 Å². The minimum absolute atomic E-state index is 0.325. The molecule has 4 rings (SSSR count). The van der Waals surface area contributed by atoms with Crippen molar-refractivity contribution in [2.45, 2.75) is 57.5 Å². The Kier molecular flexibility index (Phi) is 6.06. The molecule has 0 amide bonds. The zero-order chi connectivity index (χ0) is 19.2. The topological polar surface area (TPSA) is 22.1 Å². The summed E-state index contributed by atoms with van der Waals surface area (Å²) in [7, 11) is 0. The van der Waals surface area contributed by atoms with Crippen molar-refractivity contribution in [3.63, 3.8) is 0 Å². The number of pyridine rings is 1. The van der Waals surface area contributed by atoms with E-state index in [0.717, 1.165) is 12.2 Å². The molecule has 1 unspecified atom stereocenters. The molecule has 0 saturated heterocycles. The zero-order valence-electron chi connectivity index (χ0n) is 16.7. The highest BCUT2D eigenvalue weighted by Crippen LogP contribution is 2.33. The Balaban J connectivity index is 1.59. The third-order valence-corrected chi connectivity index (χ3v) is 5.84. The summed E-state index contributed by atoms with van der Waals surface area (Å²) in [6.07, 6.45) is 11.4. The molecule has 2 aromatic carbocycles. The van der Waals surface area contributed by atoms with Crippen LogP contribution in [0.15, 0.2) is 73.1 Å². The highest BCUT2D eigenvalue weighted by atomic mass is 16.5. The van der Waals surface area contributed by atoms with Crippen molar-refractivity contribution < 1.29 is 4.74 Å². The van der Waals surface area contributed by atoms with Crippen molar-refractivity contribution in [2.75, 3.05) is 0 Å². The number of hydrogen-bond acceptors (Lipinski definition) is 2. The van der Waals surface area contributed by atoms with Gasteiger partial charge in [0.25, 0.3) is 0 Å². The van der Waals surface area contributed by atoms with E-state index < -0.39 is 0 Å². The van der Waals surface area contributed by atoms with Gasteiger partial charge in [-0.25, -0.2) is 0 Å². The molecule has 3 aromatic rings. The van der Waals surface area contributed by atoms with Crippen LogP contribution in [0.25, 0.3) is 0 Å². The quantitative estimate of drug-likeness (QED) is 0.495. The van der Waals surface area contributed by atoms with Crippen LogP contribution in [-0.2, 0) is 6.42 Å². The van der Waals surface area contributed by atoms with E-state index >= 15 is 0 Å². The monoisotopic (exact) mass is 371 g/mol. The minimum atomic E-state index is 0.325. The molecule has 1 atom stereocenters. The zero-order valence-corrected chi connectivity index (χ0v) is 16.7. The average molecular weight is 372 g/mol. The van der Waals surface area contributed by atoms with Gasteiger partial charge in [-0.2, -0.15) is 0 Å². The summed E-state index contributed by atoms with van der Waals surface area (Å²) in [5.41, 5.74) is 5.24. The molecule has 1 heterocycles. The molecule has 0 bridgehead atoms. The van der Waals surface area contributed by atoms with Crippen molar-refractivity contribution >= 4 is 0 Å². The molecule has 2 nitrogen and oxygen atoms in total. The fraction of sp³-hybridized carbons (Fsp3) is 0.346. The minimum Gasteiger partial charge on any atom is -0.490 e. The Bertz CT molecular complexity index is 869. The van der Waals surface area contributed by atoms with E-state index in [4.69, 9.17) is 4.74 Å². The summed E-state index contributed by atoms with van der Waals surface area (Å²) in [4.78, 5) is 4.16. The van der Waals surface area contributed by atoms with Crippen molar-refractivity contribution in [1.82, 2.24) is 4.98 Å². The molecular formula is C26H29NO. The molecule has 1 aromatic heterocycles. The van der Waals surface area contributed by atoms with Crippen LogP contribution in [0.2, 0.25) is 0 Å². The Morgan fingerprint density at radius 3 is 2.36 bits per heavy atom. The van der Waals surface area contributed by atoms with Gasteiger partial charge < -0.3 is 4.74 Å². The van der Waals surface area contributed by atoms with Crippen LogP contribution in [0.4, 0.5) is 0 Å². The maximum atomic E-state index is 6.34. The average Bonchev–Trinajstić information content (AvgIpc) is 2.76. The predicted octanol–water partition coefficient (Wildman–Crippen LogP) is 6.48. The van der Waals surface area contributed by atoms with Crippen LogP contribution in [0.3, 0.4) is 0 Å². The first-order valence-corrected chi connectivity index (χ1v) is 10.5. The molecule has 0 aliphatic heterocycles. The lowest BCUT2D eigenvalue weighted by Crippen LogP contribution is -2.20. The molecule has 28 heavy (non-hydrogen) atoms. The Morgan fingerprint density at radius 2 is 1.64 bits per heavy atom. The van der Waals surface area contributed by atoms with Gasteiger partial charge in [0.05, 0.1) is 6.10 Å². The summed E-state index contributed by atoms with van der Waals surface area (Å²) in [6.45, 7) is 2.18. The molecule has 144 valence electrons. The summed E-state index contributed by atoms with van der Waals surface area (Å²) < 4.78 is 6.34. The number of hydrogen-bond donors (Lipinski definition) is 0. The Morgan fingerprint density at radius 1 is 0.893 bits per heavy atom. The third kappa shape index (κ3) is 4.62. The molecule has 0 radical (unpaired) electrons. The van der Waals surface area contributed by atoms with Gasteiger partial charge in [0.1, 0.15) is 5.75 Å². The summed E-state index contributed by atoms with van der Waals surface area (Å²) >= 11 is 0. The van der Waals surface area contributed by atoms with Crippen LogP contribution >= 0.6 is 0 Å². The Hall–Kier alpha value is -2.61. The lowest BCUT2D eigenvalue weighted by atomic mass is 9.85. The summed E-state index contributed by atoms with van der Waals surface area (Å²) in [5, 5.41) is 0. The number of nitrogens with zero attached hydrogens (tertiary/aromatic N) is 1. The first kappa shape index (κ1) is 18.7. The second kappa shape index (κ2) is 9.05. The van der Waals surface area contributed by atoms with E-state index in [1.807, 2.05) is 12.4 Å². The first-order valence-electron chi connectivity index (χ1n) is 10.5. The van der Waals surface area contributed by atoms with E-state index in [1.54, 1.807) is 0 Å². The molecular weight excluding hydrogens is 342 g/mol. The first-order chi connectivity index (χ1) is 13.8. The predicted molar refractivity (Wildman–Crippen MR) is 115 cm³/mol. The van der Waals surface area contributed by atoms with Gasteiger partial charge in [-0.3, -0.25) is 4.98 Å². The Labute approximate surface area is 168 Å². The van der Waals surface area contributed by atoms with E-state index in [0.29, 0.717) is 12.0 Å². The van der Waals surface area contributed by atoms with Gasteiger partial charge in [-0.1, -0.05) is 48.9 Å². The molecule has 1 aliphatic rings. The largest absolute Gasteiger partial charge is 0.490 e. The highest BCUT2D eigenvalue weighted by molar-refractivity contribution is 5.42. The van der Waals surface area contributed by atoms with Crippen molar-refractivity contribution in [3.8, 4) is 5.75 Å². The van der Waals surface area contributed by atoms with E-state index in [-0.39, 0.29) is 0 Å².